The molecule has 2 aliphatic heterocycles. The van der Waals surface area contributed by atoms with E-state index >= 15 is 0 Å². The fourth-order valence-corrected chi connectivity index (χ4v) is 3.97. The zero-order chi connectivity index (χ0) is 19.0. The molecule has 0 aromatic heterocycles. The van der Waals surface area contributed by atoms with E-state index in [1.807, 2.05) is 0 Å². The monoisotopic (exact) mass is 384 g/mol. The molecular weight excluding hydrogens is 364 g/mol. The minimum atomic E-state index is -1.30. The molecule has 0 saturated carbocycles. The molecule has 1 saturated heterocycles. The number of Topliss-reactive ketones (excluding diaryl/α,β-unsaturated/α-hetero) is 1. The fourth-order valence-electron chi connectivity index (χ4n) is 2.85. The average Bonchev–Trinajstić information content (AvgIpc) is 3.04. The van der Waals surface area contributed by atoms with Gasteiger partial charge in [-0.05, 0) is 12.1 Å². The largest absolute Gasteiger partial charge is 0.492 e. The van der Waals surface area contributed by atoms with E-state index < -0.39 is 23.7 Å². The molecule has 1 fully saturated rings. The van der Waals surface area contributed by atoms with Gasteiger partial charge in [0.15, 0.2) is 17.0 Å². The molecule has 8 nitrogen and oxygen atoms in total. The van der Waals surface area contributed by atoms with Crippen molar-refractivity contribution in [1.82, 2.24) is 0 Å². The number of thioether (sulfide) groups is 1. The van der Waals surface area contributed by atoms with E-state index in [1.54, 1.807) is 12.1 Å². The summed E-state index contributed by atoms with van der Waals surface area (Å²) in [5.74, 6) is 0.605. The number of hydrogen-bond donors (Lipinski definition) is 3. The van der Waals surface area contributed by atoms with Crippen LogP contribution in [0, 0.1) is 0 Å². The molecule has 0 unspecified atom stereocenters. The second-order valence-corrected chi connectivity index (χ2v) is 7.00. The molecule has 9 heteroatoms. The Balaban J connectivity index is 2.01. The minimum Gasteiger partial charge on any atom is -0.492 e. The van der Waals surface area contributed by atoms with Crippen LogP contribution in [0.15, 0.2) is 16.5 Å². The van der Waals surface area contributed by atoms with Crippen LogP contribution in [-0.4, -0.2) is 64.8 Å². The summed E-state index contributed by atoms with van der Waals surface area (Å²) in [4.78, 5) is 11.8. The maximum Gasteiger partial charge on any atom is 0.296 e. The molecule has 2 heterocycles. The highest BCUT2D eigenvalue weighted by Crippen LogP contribution is 2.49. The van der Waals surface area contributed by atoms with E-state index in [2.05, 4.69) is 0 Å². The summed E-state index contributed by atoms with van der Waals surface area (Å²) in [6, 6.07) is 3.33. The molecule has 3 aliphatic rings. The lowest BCUT2D eigenvalue weighted by Gasteiger charge is -2.34. The smallest absolute Gasteiger partial charge is 0.296 e. The second-order valence-electron chi connectivity index (χ2n) is 5.87. The van der Waals surface area contributed by atoms with Gasteiger partial charge >= 0.3 is 0 Å². The lowest BCUT2D eigenvalue weighted by atomic mass is 10.1. The van der Waals surface area contributed by atoms with Crippen molar-refractivity contribution >= 4 is 17.5 Å². The first-order valence-electron chi connectivity index (χ1n) is 7.89. The molecule has 0 radical (unpaired) electrons. The average molecular weight is 384 g/mol. The van der Waals surface area contributed by atoms with Crippen LogP contribution in [0.3, 0.4) is 0 Å². The van der Waals surface area contributed by atoms with Gasteiger partial charge in [0.2, 0.25) is 5.76 Å². The van der Waals surface area contributed by atoms with Gasteiger partial charge in [-0.2, -0.15) is 0 Å². The molecule has 0 aromatic carbocycles. The molecular formula is C17H20O8S. The SMILES string of the molecule is COc1oc(C(C)=O)c(OC)c2ccc(O[C@H]3SC[C@@H](O)[C@H](O)[C@H]3O)c1-2. The Morgan fingerprint density at radius 2 is 1.92 bits per heavy atom. The van der Waals surface area contributed by atoms with Gasteiger partial charge in [-0.3, -0.25) is 4.79 Å². The predicted octanol–water partition coefficient (Wildman–Crippen LogP) is 1.14. The van der Waals surface area contributed by atoms with Crippen molar-refractivity contribution in [3.8, 4) is 28.6 Å². The number of ether oxygens (including phenoxy) is 3. The number of carbonyl (C=O) groups excluding carboxylic acids is 1. The molecule has 0 aromatic rings. The molecule has 1 aliphatic carbocycles. The molecule has 3 rings (SSSR count). The van der Waals surface area contributed by atoms with E-state index in [9.17, 15) is 20.1 Å². The summed E-state index contributed by atoms with van der Waals surface area (Å²) < 4.78 is 22.0. The normalized spacial score (nSPS) is 25.9. The Labute approximate surface area is 154 Å². The number of aliphatic hydroxyl groups is 3. The van der Waals surface area contributed by atoms with E-state index in [-0.39, 0.29) is 29.0 Å². The zero-order valence-electron chi connectivity index (χ0n) is 14.5. The number of carbonyl (C=O) groups is 1. The summed E-state index contributed by atoms with van der Waals surface area (Å²) in [5.41, 5.74) is 0.219. The van der Waals surface area contributed by atoms with Crippen LogP contribution in [0.2, 0.25) is 0 Å². The summed E-state index contributed by atoms with van der Waals surface area (Å²) in [6.45, 7) is 1.36. The van der Waals surface area contributed by atoms with Crippen LogP contribution in [0.1, 0.15) is 17.5 Å². The van der Waals surface area contributed by atoms with Crippen LogP contribution in [0.4, 0.5) is 0 Å². The van der Waals surface area contributed by atoms with Crippen LogP contribution in [-0.2, 0) is 0 Å². The number of hydrogen-bond acceptors (Lipinski definition) is 9. The highest BCUT2D eigenvalue weighted by Gasteiger charge is 2.39. The van der Waals surface area contributed by atoms with Gasteiger partial charge < -0.3 is 33.9 Å². The highest BCUT2D eigenvalue weighted by atomic mass is 32.2. The summed E-state index contributed by atoms with van der Waals surface area (Å²) in [5, 5.41) is 29.6. The van der Waals surface area contributed by atoms with Gasteiger partial charge in [-0.1, -0.05) is 0 Å². The van der Waals surface area contributed by atoms with Crippen LogP contribution in [0.25, 0.3) is 11.1 Å². The molecule has 0 bridgehead atoms. The van der Waals surface area contributed by atoms with Crippen LogP contribution in [0.5, 0.6) is 17.4 Å². The van der Waals surface area contributed by atoms with Crippen molar-refractivity contribution in [2.24, 2.45) is 0 Å². The van der Waals surface area contributed by atoms with Crippen molar-refractivity contribution in [2.45, 2.75) is 30.7 Å². The van der Waals surface area contributed by atoms with Crippen LogP contribution < -0.4 is 14.2 Å². The Hall–Kier alpha value is -1.94. The third-order valence-corrected chi connectivity index (χ3v) is 5.41. The summed E-state index contributed by atoms with van der Waals surface area (Å²) >= 11 is 1.18. The second kappa shape index (κ2) is 7.36. The Morgan fingerprint density at radius 1 is 1.19 bits per heavy atom. The Morgan fingerprint density at radius 3 is 2.54 bits per heavy atom. The molecule has 0 spiro atoms. The van der Waals surface area contributed by atoms with Gasteiger partial charge in [0.1, 0.15) is 23.5 Å². The number of methoxy groups -OCH3 is 2. The molecule has 142 valence electrons. The van der Waals surface area contributed by atoms with Crippen molar-refractivity contribution in [2.75, 3.05) is 20.0 Å². The lowest BCUT2D eigenvalue weighted by molar-refractivity contribution is -0.0785. The van der Waals surface area contributed by atoms with Gasteiger partial charge in [0.25, 0.3) is 5.95 Å². The van der Waals surface area contributed by atoms with Crippen molar-refractivity contribution in [1.29, 1.82) is 0 Å². The fraction of sp³-hybridized carbons (Fsp3) is 0.471. The summed E-state index contributed by atoms with van der Waals surface area (Å²) in [6.07, 6.45) is -3.59. The maximum absolute atomic E-state index is 11.8. The van der Waals surface area contributed by atoms with E-state index in [4.69, 9.17) is 18.6 Å². The number of ketones is 1. The molecule has 26 heavy (non-hydrogen) atoms. The van der Waals surface area contributed by atoms with E-state index in [0.29, 0.717) is 16.9 Å². The Kier molecular flexibility index (Phi) is 5.33. The Bertz CT molecular complexity index is 773. The summed E-state index contributed by atoms with van der Waals surface area (Å²) in [7, 11) is 2.82. The van der Waals surface area contributed by atoms with Gasteiger partial charge in [-0.25, -0.2) is 0 Å². The number of aliphatic hydroxyl groups excluding tert-OH is 3. The van der Waals surface area contributed by atoms with Crippen molar-refractivity contribution in [3.63, 3.8) is 0 Å². The van der Waals surface area contributed by atoms with Gasteiger partial charge in [-0.15, -0.1) is 11.8 Å². The zero-order valence-corrected chi connectivity index (χ0v) is 15.3. The van der Waals surface area contributed by atoms with Crippen molar-refractivity contribution < 1.29 is 38.7 Å². The topological polar surface area (TPSA) is 119 Å². The number of rotatable bonds is 5. The minimum absolute atomic E-state index is 0.0274. The first-order valence-corrected chi connectivity index (χ1v) is 8.94. The predicted molar refractivity (Wildman–Crippen MR) is 93.3 cm³/mol. The number of fused-ring (bicyclic) bond motifs is 1. The highest BCUT2D eigenvalue weighted by molar-refractivity contribution is 7.99. The quantitative estimate of drug-likeness (QED) is 0.652. The van der Waals surface area contributed by atoms with E-state index in [0.717, 1.165) is 0 Å². The first kappa shape index (κ1) is 18.8. The van der Waals surface area contributed by atoms with Crippen LogP contribution >= 0.6 is 11.8 Å². The first-order chi connectivity index (χ1) is 12.4. The van der Waals surface area contributed by atoms with Crippen molar-refractivity contribution in [3.05, 3.63) is 17.9 Å². The third-order valence-electron chi connectivity index (χ3n) is 4.17. The molecule has 3 N–H and O–H groups in total. The standard InChI is InChI=1S/C17H20O8S/c1-7(18)14-15(22-2)8-4-5-10(11(8)16(23-3)25-14)24-17-13(21)12(20)9(19)6-26-17/h4-5,9,12-13,17,19-21H,6H2,1-3H3/t9-,12+,13-,17+/m1/s1. The van der Waals surface area contributed by atoms with E-state index in [1.165, 1.54) is 32.9 Å². The van der Waals surface area contributed by atoms with Gasteiger partial charge in [0, 0.05) is 18.2 Å². The van der Waals surface area contributed by atoms with Gasteiger partial charge in [0.05, 0.1) is 20.3 Å². The molecule has 4 atom stereocenters. The maximum atomic E-state index is 11.8. The lowest BCUT2D eigenvalue weighted by Crippen LogP contribution is -2.50. The third kappa shape index (κ3) is 3.11. The molecule has 0 amide bonds.